The van der Waals surface area contributed by atoms with Gasteiger partial charge in [-0.15, -0.1) is 16.7 Å². The molecule has 1 aromatic heterocycles. The molecule has 0 aromatic carbocycles. The predicted molar refractivity (Wildman–Crippen MR) is 64.5 cm³/mol. The number of likely N-dealkylation sites (N-methyl/N-ethyl adjacent to an activating group) is 1. The topological polar surface area (TPSA) is 80.5 Å². The Labute approximate surface area is 109 Å². The summed E-state index contributed by atoms with van der Waals surface area (Å²) in [5.41, 5.74) is 0. The van der Waals surface area contributed by atoms with Crippen molar-refractivity contribution in [3.63, 3.8) is 0 Å². The summed E-state index contributed by atoms with van der Waals surface area (Å²) in [4.78, 5) is 13.7. The number of hydrogen-bond donors (Lipinski definition) is 1. The maximum Gasteiger partial charge on any atom is 0.319 e. The molecule has 1 aromatic rings. The third-order valence-electron chi connectivity index (χ3n) is 2.60. The van der Waals surface area contributed by atoms with E-state index in [9.17, 15) is 4.79 Å². The van der Waals surface area contributed by atoms with E-state index in [4.69, 9.17) is 20.8 Å². The minimum absolute atomic E-state index is 0.108. The normalized spacial score (nSPS) is 19.9. The quantitative estimate of drug-likeness (QED) is 0.787. The molecule has 18 heavy (non-hydrogen) atoms. The smallest absolute Gasteiger partial charge is 0.319 e. The van der Waals surface area contributed by atoms with Gasteiger partial charge in [-0.05, 0) is 6.92 Å². The largest absolute Gasteiger partial charge is 0.407 e. The molecule has 1 saturated heterocycles. The lowest BCUT2D eigenvalue weighted by Gasteiger charge is -2.32. The Hall–Kier alpha value is -1.34. The second-order valence-corrected chi connectivity index (χ2v) is 4.06. The molecular weight excluding hydrogens is 260 g/mol. The number of rotatable bonds is 4. The number of anilines is 1. The predicted octanol–water partition coefficient (Wildman–Crippen LogP) is 0.150. The third kappa shape index (κ3) is 2.73. The highest BCUT2D eigenvalue weighted by Gasteiger charge is 2.32. The fourth-order valence-corrected chi connectivity index (χ4v) is 1.86. The number of halogens is 1. The minimum atomic E-state index is -0.442. The number of nitrogens with zero attached hydrogens (tertiary/aromatic N) is 3. The molecule has 0 saturated carbocycles. The summed E-state index contributed by atoms with van der Waals surface area (Å²) in [6, 6.07) is -0.132. The van der Waals surface area contributed by atoms with Crippen molar-refractivity contribution in [2.75, 3.05) is 31.2 Å². The summed E-state index contributed by atoms with van der Waals surface area (Å²) in [6.45, 7) is 3.80. The fraction of sp³-hybridized carbons (Fsp3) is 0.700. The lowest BCUT2D eigenvalue weighted by Crippen LogP contribution is -2.54. The number of ether oxygens (including phenoxy) is 1. The second-order valence-electron chi connectivity index (χ2n) is 3.79. The van der Waals surface area contributed by atoms with Crippen LogP contribution in [0.2, 0.25) is 0 Å². The van der Waals surface area contributed by atoms with Crippen LogP contribution < -0.4 is 10.2 Å². The van der Waals surface area contributed by atoms with E-state index in [0.717, 1.165) is 0 Å². The van der Waals surface area contributed by atoms with Gasteiger partial charge in [-0.25, -0.2) is 0 Å². The molecule has 0 aliphatic carbocycles. The van der Waals surface area contributed by atoms with E-state index in [-0.39, 0.29) is 11.8 Å². The van der Waals surface area contributed by atoms with Gasteiger partial charge < -0.3 is 19.4 Å². The number of nitrogens with one attached hydrogen (secondary N) is 1. The average Bonchev–Trinajstić information content (AvgIpc) is 2.87. The third-order valence-corrected chi connectivity index (χ3v) is 2.83. The van der Waals surface area contributed by atoms with Crippen LogP contribution in [0.4, 0.5) is 6.01 Å². The van der Waals surface area contributed by atoms with Crippen molar-refractivity contribution in [2.24, 2.45) is 0 Å². The molecule has 1 unspecified atom stereocenters. The Kier molecular flexibility index (Phi) is 4.38. The van der Waals surface area contributed by atoms with E-state index in [2.05, 4.69) is 15.5 Å². The first-order valence-electron chi connectivity index (χ1n) is 5.76. The number of alkyl halides is 1. The van der Waals surface area contributed by atoms with Gasteiger partial charge in [-0.2, -0.15) is 0 Å². The molecule has 1 atom stereocenters. The Balaban J connectivity index is 2.14. The maximum absolute atomic E-state index is 11.9. The van der Waals surface area contributed by atoms with E-state index in [1.54, 1.807) is 4.90 Å². The summed E-state index contributed by atoms with van der Waals surface area (Å²) < 4.78 is 10.7. The number of hydrogen-bond acceptors (Lipinski definition) is 6. The zero-order valence-corrected chi connectivity index (χ0v) is 10.8. The van der Waals surface area contributed by atoms with E-state index < -0.39 is 6.04 Å². The van der Waals surface area contributed by atoms with E-state index in [0.29, 0.717) is 38.2 Å². The van der Waals surface area contributed by atoms with Gasteiger partial charge in [0.05, 0.1) is 13.2 Å². The molecule has 1 N–H and O–H groups in total. The molecule has 8 heteroatoms. The van der Waals surface area contributed by atoms with Crippen molar-refractivity contribution in [3.8, 4) is 0 Å². The number of amides is 1. The van der Waals surface area contributed by atoms with Crippen LogP contribution in [0.25, 0.3) is 0 Å². The summed E-state index contributed by atoms with van der Waals surface area (Å²) in [5, 5.41) is 10.4. The molecule has 1 aliphatic rings. The van der Waals surface area contributed by atoms with Gasteiger partial charge in [0, 0.05) is 13.1 Å². The number of carbonyl (C=O) groups excluding carboxylic acids is 1. The fourth-order valence-electron chi connectivity index (χ4n) is 1.76. The molecule has 2 rings (SSSR count). The molecule has 0 radical (unpaired) electrons. The summed E-state index contributed by atoms with van der Waals surface area (Å²) in [7, 11) is 0. The standard InChI is InChI=1S/C10H15ClN4O3/c1-2-12-9(16)7-6-17-4-3-15(7)10-14-13-8(5-11)18-10/h7H,2-6H2,1H3,(H,12,16). The van der Waals surface area contributed by atoms with Crippen molar-refractivity contribution >= 4 is 23.5 Å². The first kappa shape index (κ1) is 13.1. The molecule has 0 bridgehead atoms. The van der Waals surface area contributed by atoms with Gasteiger partial charge >= 0.3 is 6.01 Å². The second kappa shape index (κ2) is 6.01. The van der Waals surface area contributed by atoms with Gasteiger partial charge in [0.1, 0.15) is 11.9 Å². The summed E-state index contributed by atoms with van der Waals surface area (Å²) >= 11 is 5.61. The Morgan fingerprint density at radius 3 is 3.11 bits per heavy atom. The lowest BCUT2D eigenvalue weighted by molar-refractivity contribution is -0.124. The number of morpholine rings is 1. The van der Waals surface area contributed by atoms with E-state index >= 15 is 0 Å². The highest BCUT2D eigenvalue weighted by molar-refractivity contribution is 6.16. The monoisotopic (exact) mass is 274 g/mol. The number of carbonyl (C=O) groups is 1. The van der Waals surface area contributed by atoms with Crippen molar-refractivity contribution in [1.29, 1.82) is 0 Å². The Morgan fingerprint density at radius 1 is 1.61 bits per heavy atom. The molecule has 0 spiro atoms. The van der Waals surface area contributed by atoms with Crippen LogP contribution in [-0.4, -0.2) is 48.4 Å². The first-order valence-corrected chi connectivity index (χ1v) is 6.30. The van der Waals surface area contributed by atoms with Gasteiger partial charge in [-0.1, -0.05) is 5.10 Å². The average molecular weight is 275 g/mol. The number of aromatic nitrogens is 2. The molecule has 100 valence electrons. The van der Waals surface area contributed by atoms with Crippen LogP contribution in [0.1, 0.15) is 12.8 Å². The maximum atomic E-state index is 11.9. The molecule has 1 amide bonds. The molecule has 7 nitrogen and oxygen atoms in total. The van der Waals surface area contributed by atoms with Crippen LogP contribution in [0.15, 0.2) is 4.42 Å². The summed E-state index contributed by atoms with van der Waals surface area (Å²) in [6.07, 6.45) is 0. The van der Waals surface area contributed by atoms with E-state index in [1.807, 2.05) is 6.92 Å². The van der Waals surface area contributed by atoms with Crippen LogP contribution in [-0.2, 0) is 15.4 Å². The summed E-state index contributed by atoms with van der Waals surface area (Å²) in [5.74, 6) is 0.388. The van der Waals surface area contributed by atoms with E-state index in [1.165, 1.54) is 0 Å². The van der Waals surface area contributed by atoms with Gasteiger partial charge in [0.2, 0.25) is 11.8 Å². The van der Waals surface area contributed by atoms with Crippen molar-refractivity contribution < 1.29 is 13.9 Å². The molecular formula is C10H15ClN4O3. The zero-order valence-electron chi connectivity index (χ0n) is 10.1. The van der Waals surface area contributed by atoms with Crippen LogP contribution in [0, 0.1) is 0 Å². The van der Waals surface area contributed by atoms with Gasteiger partial charge in [-0.3, -0.25) is 4.79 Å². The van der Waals surface area contributed by atoms with Gasteiger partial charge in [0.15, 0.2) is 0 Å². The van der Waals surface area contributed by atoms with Crippen LogP contribution in [0.3, 0.4) is 0 Å². The molecule has 1 fully saturated rings. The molecule has 1 aliphatic heterocycles. The van der Waals surface area contributed by atoms with Crippen molar-refractivity contribution in [2.45, 2.75) is 18.8 Å². The zero-order chi connectivity index (χ0) is 13.0. The Bertz CT molecular complexity index is 412. The van der Waals surface area contributed by atoms with Crippen LogP contribution in [0.5, 0.6) is 0 Å². The SMILES string of the molecule is CCNC(=O)C1COCCN1c1nnc(CCl)o1. The lowest BCUT2D eigenvalue weighted by atomic mass is 10.2. The van der Waals surface area contributed by atoms with Crippen molar-refractivity contribution in [3.05, 3.63) is 5.89 Å². The highest BCUT2D eigenvalue weighted by Crippen LogP contribution is 2.19. The van der Waals surface area contributed by atoms with Crippen LogP contribution >= 0.6 is 11.6 Å². The first-order chi connectivity index (χ1) is 8.76. The Morgan fingerprint density at radius 2 is 2.44 bits per heavy atom. The van der Waals surface area contributed by atoms with Crippen molar-refractivity contribution in [1.82, 2.24) is 15.5 Å². The highest BCUT2D eigenvalue weighted by atomic mass is 35.5. The van der Waals surface area contributed by atoms with Gasteiger partial charge in [0.25, 0.3) is 0 Å². The minimum Gasteiger partial charge on any atom is -0.407 e. The molecule has 2 heterocycles.